The Hall–Kier alpha value is -2.00. The Morgan fingerprint density at radius 1 is 1.15 bits per heavy atom. The third kappa shape index (κ3) is 3.11. The van der Waals surface area contributed by atoms with E-state index in [1.165, 1.54) is 0 Å². The molecule has 20 heavy (non-hydrogen) atoms. The van der Waals surface area contributed by atoms with Gasteiger partial charge in [-0.25, -0.2) is 0 Å². The number of hydrogen-bond acceptors (Lipinski definition) is 2. The van der Waals surface area contributed by atoms with E-state index >= 15 is 0 Å². The van der Waals surface area contributed by atoms with Gasteiger partial charge in [-0.15, -0.1) is 0 Å². The number of amidine groups is 1. The highest BCUT2D eigenvalue weighted by Gasteiger charge is 2.12. The number of halogens is 1. The molecule has 0 fully saturated rings. The number of benzene rings is 2. The number of nitrogen functional groups attached to an aromatic ring is 1. The van der Waals surface area contributed by atoms with Crippen LogP contribution in [0.25, 0.3) is 0 Å². The Labute approximate surface area is 123 Å². The van der Waals surface area contributed by atoms with Crippen molar-refractivity contribution in [2.75, 3.05) is 0 Å². The van der Waals surface area contributed by atoms with Crippen LogP contribution < -0.4 is 10.5 Å². The van der Waals surface area contributed by atoms with E-state index in [9.17, 15) is 0 Å². The smallest absolute Gasteiger partial charge is 0.138 e. The van der Waals surface area contributed by atoms with Gasteiger partial charge in [-0.1, -0.05) is 43.6 Å². The van der Waals surface area contributed by atoms with Gasteiger partial charge in [-0.05, 0) is 35.7 Å². The van der Waals surface area contributed by atoms with Crippen LogP contribution >= 0.6 is 11.6 Å². The lowest BCUT2D eigenvalue weighted by Gasteiger charge is -2.15. The van der Waals surface area contributed by atoms with Gasteiger partial charge >= 0.3 is 0 Å². The van der Waals surface area contributed by atoms with E-state index in [4.69, 9.17) is 27.5 Å². The molecule has 0 radical (unpaired) electrons. The molecule has 3 N–H and O–H groups in total. The minimum Gasteiger partial charge on any atom is -0.456 e. The second kappa shape index (κ2) is 5.97. The summed E-state index contributed by atoms with van der Waals surface area (Å²) < 4.78 is 5.94. The summed E-state index contributed by atoms with van der Waals surface area (Å²) in [6.45, 7) is 4.21. The summed E-state index contributed by atoms with van der Waals surface area (Å²) in [5.74, 6) is 1.59. The largest absolute Gasteiger partial charge is 0.456 e. The van der Waals surface area contributed by atoms with E-state index in [0.717, 1.165) is 11.3 Å². The zero-order valence-corrected chi connectivity index (χ0v) is 12.2. The number of rotatable bonds is 4. The Kier molecular flexibility index (Phi) is 4.30. The van der Waals surface area contributed by atoms with Crippen LogP contribution in [-0.4, -0.2) is 5.84 Å². The average molecular weight is 289 g/mol. The molecule has 0 bridgehead atoms. The number of para-hydroxylation sites is 1. The van der Waals surface area contributed by atoms with Crippen molar-refractivity contribution >= 4 is 17.4 Å². The standard InChI is InChI=1S/C16H17ClN2O/c1-10(2)12-5-3-4-6-14(12)20-15-8-7-11(17)9-13(15)16(18)19/h3-10H,1-2H3,(H3,18,19). The summed E-state index contributed by atoms with van der Waals surface area (Å²) in [5, 5.41) is 8.14. The molecule has 0 aliphatic heterocycles. The quantitative estimate of drug-likeness (QED) is 0.641. The van der Waals surface area contributed by atoms with Crippen molar-refractivity contribution in [3.05, 3.63) is 58.6 Å². The van der Waals surface area contributed by atoms with Crippen molar-refractivity contribution in [3.63, 3.8) is 0 Å². The lowest BCUT2D eigenvalue weighted by Crippen LogP contribution is -2.12. The van der Waals surface area contributed by atoms with Crippen LogP contribution in [0.15, 0.2) is 42.5 Å². The maximum Gasteiger partial charge on any atom is 0.138 e. The van der Waals surface area contributed by atoms with Crippen molar-refractivity contribution in [3.8, 4) is 11.5 Å². The average Bonchev–Trinajstić information content (AvgIpc) is 2.41. The molecule has 4 heteroatoms. The van der Waals surface area contributed by atoms with Crippen molar-refractivity contribution in [1.82, 2.24) is 0 Å². The fraction of sp³-hybridized carbons (Fsp3) is 0.188. The molecule has 104 valence electrons. The fourth-order valence-corrected chi connectivity index (χ4v) is 2.14. The molecule has 2 rings (SSSR count). The predicted octanol–water partition coefficient (Wildman–Crippen LogP) is 4.54. The molecule has 0 unspecified atom stereocenters. The van der Waals surface area contributed by atoms with Crippen LogP contribution in [0.1, 0.15) is 30.9 Å². The molecule has 0 spiro atoms. The first-order valence-corrected chi connectivity index (χ1v) is 6.77. The van der Waals surface area contributed by atoms with Gasteiger partial charge in [0.2, 0.25) is 0 Å². The third-order valence-electron chi connectivity index (χ3n) is 2.99. The van der Waals surface area contributed by atoms with Gasteiger partial charge in [0.25, 0.3) is 0 Å². The molecule has 3 nitrogen and oxygen atoms in total. The lowest BCUT2D eigenvalue weighted by molar-refractivity contribution is 0.472. The first-order valence-electron chi connectivity index (χ1n) is 6.39. The second-order valence-corrected chi connectivity index (χ2v) is 5.29. The first kappa shape index (κ1) is 14.4. The Morgan fingerprint density at radius 3 is 2.50 bits per heavy atom. The maximum absolute atomic E-state index is 7.62. The summed E-state index contributed by atoms with van der Waals surface area (Å²) in [7, 11) is 0. The molecule has 0 aliphatic carbocycles. The number of nitrogens with two attached hydrogens (primary N) is 1. The summed E-state index contributed by atoms with van der Waals surface area (Å²) in [5.41, 5.74) is 7.18. The molecule has 0 saturated carbocycles. The van der Waals surface area contributed by atoms with Gasteiger partial charge in [0.15, 0.2) is 0 Å². The Bertz CT molecular complexity index is 638. The molecule has 0 heterocycles. The van der Waals surface area contributed by atoms with Gasteiger partial charge in [0, 0.05) is 5.02 Å². The maximum atomic E-state index is 7.62. The molecule has 0 saturated heterocycles. The van der Waals surface area contributed by atoms with E-state index in [1.807, 2.05) is 24.3 Å². The highest BCUT2D eigenvalue weighted by Crippen LogP contribution is 2.32. The summed E-state index contributed by atoms with van der Waals surface area (Å²) in [4.78, 5) is 0. The van der Waals surface area contributed by atoms with E-state index in [1.54, 1.807) is 18.2 Å². The highest BCUT2D eigenvalue weighted by atomic mass is 35.5. The Balaban J connectivity index is 2.43. The van der Waals surface area contributed by atoms with Crippen LogP contribution in [0, 0.1) is 5.41 Å². The zero-order valence-electron chi connectivity index (χ0n) is 11.5. The van der Waals surface area contributed by atoms with E-state index < -0.39 is 0 Å². The molecule has 0 aliphatic rings. The third-order valence-corrected chi connectivity index (χ3v) is 3.23. The van der Waals surface area contributed by atoms with Crippen LogP contribution in [0.4, 0.5) is 0 Å². The van der Waals surface area contributed by atoms with Crippen molar-refractivity contribution in [1.29, 1.82) is 5.41 Å². The van der Waals surface area contributed by atoms with Gasteiger partial charge < -0.3 is 10.5 Å². The van der Waals surface area contributed by atoms with Crippen LogP contribution in [0.5, 0.6) is 11.5 Å². The summed E-state index contributed by atoms with van der Waals surface area (Å²) in [6, 6.07) is 12.9. The molecule has 2 aromatic carbocycles. The number of ether oxygens (including phenoxy) is 1. The second-order valence-electron chi connectivity index (χ2n) is 4.85. The molecule has 2 aromatic rings. The van der Waals surface area contributed by atoms with E-state index in [-0.39, 0.29) is 5.84 Å². The van der Waals surface area contributed by atoms with Gasteiger partial charge in [0.05, 0.1) is 5.56 Å². The van der Waals surface area contributed by atoms with Crippen LogP contribution in [-0.2, 0) is 0 Å². The zero-order chi connectivity index (χ0) is 14.7. The molecule has 0 aromatic heterocycles. The van der Waals surface area contributed by atoms with Gasteiger partial charge in [-0.2, -0.15) is 0 Å². The number of nitrogens with one attached hydrogen (secondary N) is 1. The first-order chi connectivity index (χ1) is 9.49. The molecule has 0 amide bonds. The number of hydrogen-bond donors (Lipinski definition) is 2. The normalized spacial score (nSPS) is 10.6. The van der Waals surface area contributed by atoms with Crippen molar-refractivity contribution in [2.24, 2.45) is 5.73 Å². The van der Waals surface area contributed by atoms with Gasteiger partial charge in [0.1, 0.15) is 17.3 Å². The minimum absolute atomic E-state index is 0.0653. The monoisotopic (exact) mass is 288 g/mol. The van der Waals surface area contributed by atoms with Crippen molar-refractivity contribution < 1.29 is 4.74 Å². The van der Waals surface area contributed by atoms with E-state index in [0.29, 0.717) is 22.3 Å². The fourth-order valence-electron chi connectivity index (χ4n) is 1.97. The molecule has 0 atom stereocenters. The molecular weight excluding hydrogens is 272 g/mol. The van der Waals surface area contributed by atoms with Gasteiger partial charge in [-0.3, -0.25) is 5.41 Å². The summed E-state index contributed by atoms with van der Waals surface area (Å²) >= 11 is 5.94. The lowest BCUT2D eigenvalue weighted by atomic mass is 10.0. The Morgan fingerprint density at radius 2 is 1.85 bits per heavy atom. The van der Waals surface area contributed by atoms with E-state index in [2.05, 4.69) is 13.8 Å². The topological polar surface area (TPSA) is 59.1 Å². The predicted molar refractivity (Wildman–Crippen MR) is 83.1 cm³/mol. The van der Waals surface area contributed by atoms with Crippen LogP contribution in [0.3, 0.4) is 0 Å². The highest BCUT2D eigenvalue weighted by molar-refractivity contribution is 6.31. The molecular formula is C16H17ClN2O. The van der Waals surface area contributed by atoms with Crippen LogP contribution in [0.2, 0.25) is 5.02 Å². The summed E-state index contributed by atoms with van der Waals surface area (Å²) in [6.07, 6.45) is 0. The van der Waals surface area contributed by atoms with Crippen molar-refractivity contribution in [2.45, 2.75) is 19.8 Å². The SMILES string of the molecule is CC(C)c1ccccc1Oc1ccc(Cl)cc1C(=N)N. The minimum atomic E-state index is -0.0653.